The highest BCUT2D eigenvalue weighted by Crippen LogP contribution is 2.24. The maximum atomic E-state index is 12.7. The molecule has 2 aromatic rings. The van der Waals surface area contributed by atoms with Crippen LogP contribution in [0.25, 0.3) is 0 Å². The van der Waals surface area contributed by atoms with E-state index in [0.717, 1.165) is 50.6 Å². The van der Waals surface area contributed by atoms with Crippen LogP contribution in [0.15, 0.2) is 42.6 Å². The minimum Gasteiger partial charge on any atom is -0.371 e. The van der Waals surface area contributed by atoms with E-state index in [1.807, 2.05) is 24.3 Å². The van der Waals surface area contributed by atoms with Gasteiger partial charge in [-0.3, -0.25) is 9.78 Å². The normalized spacial score (nSPS) is 20.6. The summed E-state index contributed by atoms with van der Waals surface area (Å²) in [5.41, 5.74) is 3.55. The molecule has 1 amide bonds. The number of carbonyl (C=O) groups is 1. The van der Waals surface area contributed by atoms with Gasteiger partial charge < -0.3 is 20.0 Å². The van der Waals surface area contributed by atoms with E-state index >= 15 is 0 Å². The van der Waals surface area contributed by atoms with Crippen LogP contribution < -0.4 is 15.1 Å². The van der Waals surface area contributed by atoms with Gasteiger partial charge in [0.15, 0.2) is 0 Å². The van der Waals surface area contributed by atoms with Gasteiger partial charge in [-0.2, -0.15) is 0 Å². The van der Waals surface area contributed by atoms with Crippen LogP contribution in [0.2, 0.25) is 0 Å². The molecule has 1 aromatic heterocycles. The maximum Gasteiger partial charge on any atom is 0.274 e. The van der Waals surface area contributed by atoms with Gasteiger partial charge in [-0.05, 0) is 62.2 Å². The Bertz CT molecular complexity index is 829. The van der Waals surface area contributed by atoms with Crippen LogP contribution in [0.1, 0.15) is 30.3 Å². The van der Waals surface area contributed by atoms with Gasteiger partial charge in [0.2, 0.25) is 0 Å². The largest absolute Gasteiger partial charge is 0.371 e. The molecule has 2 fully saturated rings. The predicted octanol–water partition coefficient (Wildman–Crippen LogP) is 3.32. The average Bonchev–Trinajstić information content (AvgIpc) is 2.75. The van der Waals surface area contributed by atoms with Gasteiger partial charge in [-0.25, -0.2) is 0 Å². The van der Waals surface area contributed by atoms with E-state index in [0.29, 0.717) is 11.6 Å². The molecule has 154 valence electrons. The molecule has 2 aliphatic heterocycles. The summed E-state index contributed by atoms with van der Waals surface area (Å²) in [6, 6.07) is 12.0. The third-order valence-corrected chi connectivity index (χ3v) is 5.99. The Balaban J connectivity index is 1.39. The van der Waals surface area contributed by atoms with Crippen LogP contribution in [0, 0.1) is 5.92 Å². The fourth-order valence-corrected chi connectivity index (χ4v) is 4.18. The zero-order chi connectivity index (χ0) is 20.2. The first-order chi connectivity index (χ1) is 14.1. The number of anilines is 3. The monoisotopic (exact) mass is 393 g/mol. The quantitative estimate of drug-likeness (QED) is 0.864. The fraction of sp³-hybridized carbons (Fsp3) is 0.478. The lowest BCUT2D eigenvalue weighted by Crippen LogP contribution is -2.44. The van der Waals surface area contributed by atoms with Crippen molar-refractivity contribution in [2.45, 2.75) is 19.8 Å². The van der Waals surface area contributed by atoms with Crippen molar-refractivity contribution in [2.24, 2.45) is 5.92 Å². The molecule has 2 saturated heterocycles. The highest BCUT2D eigenvalue weighted by Gasteiger charge is 2.18. The summed E-state index contributed by atoms with van der Waals surface area (Å²) < 4.78 is 0. The second kappa shape index (κ2) is 8.82. The Morgan fingerprint density at radius 3 is 2.48 bits per heavy atom. The number of hydrogen-bond acceptors (Lipinski definition) is 5. The molecule has 3 heterocycles. The minimum atomic E-state index is -0.163. The number of hydrogen-bond donors (Lipinski definition) is 1. The number of nitrogens with zero attached hydrogens (tertiary/aromatic N) is 4. The summed E-state index contributed by atoms with van der Waals surface area (Å²) in [4.78, 5) is 24.1. The molecule has 0 spiro atoms. The van der Waals surface area contributed by atoms with Gasteiger partial charge >= 0.3 is 0 Å². The number of amides is 1. The summed E-state index contributed by atoms with van der Waals surface area (Å²) in [5, 5.41) is 2.99. The first kappa shape index (κ1) is 19.7. The molecule has 1 N–H and O–H groups in total. The van der Waals surface area contributed by atoms with E-state index in [1.54, 1.807) is 6.20 Å². The molecule has 6 nitrogen and oxygen atoms in total. The van der Waals surface area contributed by atoms with E-state index in [9.17, 15) is 4.79 Å². The lowest BCUT2D eigenvalue weighted by Gasteiger charge is -2.34. The van der Waals surface area contributed by atoms with Crippen molar-refractivity contribution in [3.8, 4) is 0 Å². The molecule has 1 aromatic carbocycles. The van der Waals surface area contributed by atoms with E-state index in [4.69, 9.17) is 0 Å². The second-order valence-electron chi connectivity index (χ2n) is 8.38. The van der Waals surface area contributed by atoms with Gasteiger partial charge in [0.05, 0.1) is 0 Å². The summed E-state index contributed by atoms with van der Waals surface area (Å²) in [6.07, 6.45) is 4.21. The summed E-state index contributed by atoms with van der Waals surface area (Å²) in [6.45, 7) is 8.60. The van der Waals surface area contributed by atoms with Gasteiger partial charge in [0, 0.05) is 62.5 Å². The fourth-order valence-electron chi connectivity index (χ4n) is 4.18. The van der Waals surface area contributed by atoms with Crippen LogP contribution in [-0.2, 0) is 0 Å². The zero-order valence-corrected chi connectivity index (χ0v) is 17.5. The van der Waals surface area contributed by atoms with E-state index < -0.39 is 0 Å². The van der Waals surface area contributed by atoms with Gasteiger partial charge in [0.1, 0.15) is 5.69 Å². The molecule has 1 atom stereocenters. The molecule has 1 unspecified atom stereocenters. The lowest BCUT2D eigenvalue weighted by atomic mass is 10.00. The number of benzene rings is 1. The van der Waals surface area contributed by atoms with Crippen LogP contribution in [0.3, 0.4) is 0 Å². The van der Waals surface area contributed by atoms with Crippen molar-refractivity contribution in [3.63, 3.8) is 0 Å². The Kier molecular flexibility index (Phi) is 6.00. The molecule has 6 heteroatoms. The number of aromatic nitrogens is 1. The topological polar surface area (TPSA) is 51.7 Å². The van der Waals surface area contributed by atoms with Crippen LogP contribution >= 0.6 is 0 Å². The van der Waals surface area contributed by atoms with Crippen molar-refractivity contribution in [3.05, 3.63) is 48.3 Å². The van der Waals surface area contributed by atoms with Gasteiger partial charge in [0.25, 0.3) is 5.91 Å². The number of likely N-dealkylation sites (N-methyl/N-ethyl adjacent to an activating group) is 1. The standard InChI is InChI=1S/C23H31N5O/c1-18-4-3-11-28(17-18)21-9-10-24-22(16-21)23(29)25-19-5-7-20(8-6-19)27-14-12-26(2)13-15-27/h5-10,16,18H,3-4,11-15,17H2,1-2H3,(H,25,29). The van der Waals surface area contributed by atoms with E-state index in [-0.39, 0.29) is 5.91 Å². The summed E-state index contributed by atoms with van der Waals surface area (Å²) in [5.74, 6) is 0.525. The SMILES string of the molecule is CC1CCCN(c2ccnc(C(=O)Nc3ccc(N4CCN(C)CC4)cc3)c2)C1. The van der Waals surface area contributed by atoms with Crippen LogP contribution in [-0.4, -0.2) is 62.1 Å². The molecular formula is C23H31N5O. The minimum absolute atomic E-state index is 0.163. The van der Waals surface area contributed by atoms with Gasteiger partial charge in [-0.1, -0.05) is 6.92 Å². The first-order valence-electron chi connectivity index (χ1n) is 10.6. The number of carbonyl (C=O) groups excluding carboxylic acids is 1. The molecule has 4 rings (SSSR count). The van der Waals surface area contributed by atoms with E-state index in [1.165, 1.54) is 18.5 Å². The van der Waals surface area contributed by atoms with Crippen molar-refractivity contribution in [1.82, 2.24) is 9.88 Å². The van der Waals surface area contributed by atoms with Crippen molar-refractivity contribution in [1.29, 1.82) is 0 Å². The highest BCUT2D eigenvalue weighted by molar-refractivity contribution is 6.03. The molecule has 0 saturated carbocycles. The third kappa shape index (κ3) is 4.88. The maximum absolute atomic E-state index is 12.7. The highest BCUT2D eigenvalue weighted by atomic mass is 16.1. The second-order valence-corrected chi connectivity index (χ2v) is 8.38. The van der Waals surface area contributed by atoms with Gasteiger partial charge in [-0.15, -0.1) is 0 Å². The molecule has 29 heavy (non-hydrogen) atoms. The number of nitrogens with one attached hydrogen (secondary N) is 1. The average molecular weight is 394 g/mol. The molecular weight excluding hydrogens is 362 g/mol. The van der Waals surface area contributed by atoms with E-state index in [2.05, 4.69) is 51.1 Å². The summed E-state index contributed by atoms with van der Waals surface area (Å²) in [7, 11) is 2.16. The molecule has 0 bridgehead atoms. The van der Waals surface area contributed by atoms with Crippen LogP contribution in [0.4, 0.5) is 17.1 Å². The third-order valence-electron chi connectivity index (χ3n) is 5.99. The Labute approximate surface area is 173 Å². The molecule has 0 aliphatic carbocycles. The number of rotatable bonds is 4. The first-order valence-corrected chi connectivity index (χ1v) is 10.6. The van der Waals surface area contributed by atoms with Crippen molar-refractivity contribution in [2.75, 3.05) is 61.4 Å². The number of piperidine rings is 1. The molecule has 2 aliphatic rings. The smallest absolute Gasteiger partial charge is 0.274 e. The Morgan fingerprint density at radius 2 is 1.76 bits per heavy atom. The Hall–Kier alpha value is -2.60. The Morgan fingerprint density at radius 1 is 1.00 bits per heavy atom. The lowest BCUT2D eigenvalue weighted by molar-refractivity contribution is 0.102. The van der Waals surface area contributed by atoms with Crippen molar-refractivity contribution >= 4 is 23.0 Å². The predicted molar refractivity (Wildman–Crippen MR) is 119 cm³/mol. The number of pyridine rings is 1. The number of piperazine rings is 1. The zero-order valence-electron chi connectivity index (χ0n) is 17.5. The molecule has 0 radical (unpaired) electrons. The summed E-state index contributed by atoms with van der Waals surface area (Å²) >= 11 is 0. The van der Waals surface area contributed by atoms with Crippen LogP contribution in [0.5, 0.6) is 0 Å². The van der Waals surface area contributed by atoms with Crippen molar-refractivity contribution < 1.29 is 4.79 Å².